The molecule has 9 heteroatoms. The van der Waals surface area contributed by atoms with Crippen LogP contribution < -0.4 is 0 Å². The van der Waals surface area contributed by atoms with E-state index in [0.717, 1.165) is 12.2 Å². The van der Waals surface area contributed by atoms with Crippen LogP contribution in [0.3, 0.4) is 0 Å². The minimum atomic E-state index is -1.80. The van der Waals surface area contributed by atoms with Gasteiger partial charge in [0.05, 0.1) is 11.0 Å². The van der Waals surface area contributed by atoms with Crippen molar-refractivity contribution in [1.29, 1.82) is 0 Å². The summed E-state index contributed by atoms with van der Waals surface area (Å²) in [5.74, 6) is -1.66. The molecule has 9 nitrogen and oxygen atoms in total. The van der Waals surface area contributed by atoms with Gasteiger partial charge in [-0.1, -0.05) is 0 Å². The van der Waals surface area contributed by atoms with Gasteiger partial charge in [0.25, 0.3) is 0 Å². The second-order valence-corrected chi connectivity index (χ2v) is 3.55. The van der Waals surface area contributed by atoms with Crippen LogP contribution in [0.5, 0.6) is 0 Å². The van der Waals surface area contributed by atoms with Gasteiger partial charge < -0.3 is 19.9 Å². The third-order valence-corrected chi connectivity index (χ3v) is 2.51. The summed E-state index contributed by atoms with van der Waals surface area (Å²) < 4.78 is 10.2. The highest BCUT2D eigenvalue weighted by atomic mass is 16.8. The van der Waals surface area contributed by atoms with Crippen LogP contribution in [0.1, 0.15) is 6.92 Å². The third-order valence-electron chi connectivity index (χ3n) is 2.51. The van der Waals surface area contributed by atoms with E-state index in [4.69, 9.17) is 9.47 Å². The molecule has 0 bridgehead atoms. The SMILES string of the molecule is CO[C@]12OC(C)=NC1=CC(=[N+]([O-])[O-])C=C2[N+](=O)[O-]. The van der Waals surface area contributed by atoms with Crippen molar-refractivity contribution in [2.75, 3.05) is 7.11 Å². The zero-order valence-corrected chi connectivity index (χ0v) is 9.45. The molecule has 1 aliphatic heterocycles. The summed E-state index contributed by atoms with van der Waals surface area (Å²) in [4.78, 5) is 13.4. The quantitative estimate of drug-likeness (QED) is 0.396. The molecule has 1 aliphatic carbocycles. The number of ether oxygens (including phenoxy) is 2. The van der Waals surface area contributed by atoms with E-state index in [1.807, 2.05) is 0 Å². The Morgan fingerprint density at radius 3 is 2.56 bits per heavy atom. The van der Waals surface area contributed by atoms with E-state index in [0.29, 0.717) is 0 Å². The highest BCUT2D eigenvalue weighted by Crippen LogP contribution is 2.39. The van der Waals surface area contributed by atoms with Crippen molar-refractivity contribution in [3.05, 3.63) is 44.1 Å². The van der Waals surface area contributed by atoms with Gasteiger partial charge in [0, 0.05) is 20.1 Å². The summed E-state index contributed by atoms with van der Waals surface area (Å²) in [5, 5.41) is 32.4. The van der Waals surface area contributed by atoms with Crippen molar-refractivity contribution in [1.82, 2.24) is 0 Å². The number of fused-ring (bicyclic) bond motifs is 1. The van der Waals surface area contributed by atoms with Crippen molar-refractivity contribution >= 4 is 11.6 Å². The fourth-order valence-electron chi connectivity index (χ4n) is 1.78. The van der Waals surface area contributed by atoms with Crippen LogP contribution in [0, 0.1) is 20.5 Å². The average Bonchev–Trinajstić information content (AvgIpc) is 2.63. The maximum absolute atomic E-state index is 11.0. The van der Waals surface area contributed by atoms with Gasteiger partial charge in [0.2, 0.25) is 5.71 Å². The summed E-state index contributed by atoms with van der Waals surface area (Å²) in [5.41, 5.74) is -1.02. The molecule has 2 aliphatic rings. The van der Waals surface area contributed by atoms with Crippen LogP contribution >= 0.6 is 0 Å². The maximum Gasteiger partial charge on any atom is 0.349 e. The molecule has 1 atom stereocenters. The molecule has 0 radical (unpaired) electrons. The normalized spacial score (nSPS) is 25.7. The summed E-state index contributed by atoms with van der Waals surface area (Å²) >= 11 is 0. The van der Waals surface area contributed by atoms with Gasteiger partial charge in [0.1, 0.15) is 5.70 Å². The van der Waals surface area contributed by atoms with Gasteiger partial charge in [-0.05, 0) is 0 Å². The van der Waals surface area contributed by atoms with Gasteiger partial charge in [-0.2, -0.15) is 4.90 Å². The molecule has 96 valence electrons. The van der Waals surface area contributed by atoms with E-state index >= 15 is 0 Å². The fourth-order valence-corrected chi connectivity index (χ4v) is 1.78. The third kappa shape index (κ3) is 1.52. The van der Waals surface area contributed by atoms with Gasteiger partial charge in [-0.25, -0.2) is 4.99 Å². The van der Waals surface area contributed by atoms with Crippen molar-refractivity contribution < 1.29 is 19.3 Å². The summed E-state index contributed by atoms with van der Waals surface area (Å²) in [6, 6.07) is 0. The van der Waals surface area contributed by atoms with Crippen LogP contribution in [0.4, 0.5) is 0 Å². The van der Waals surface area contributed by atoms with Crippen LogP contribution in [0.25, 0.3) is 0 Å². The highest BCUT2D eigenvalue weighted by Gasteiger charge is 2.56. The van der Waals surface area contributed by atoms with Crippen LogP contribution in [-0.2, 0) is 9.47 Å². The van der Waals surface area contributed by atoms with Crippen LogP contribution in [0.2, 0.25) is 0 Å². The minimum Gasteiger partial charge on any atom is -0.612 e. The minimum absolute atomic E-state index is 0.0107. The molecule has 18 heavy (non-hydrogen) atoms. The molecule has 0 spiro atoms. The van der Waals surface area contributed by atoms with Crippen LogP contribution in [-0.4, -0.2) is 34.3 Å². The molecule has 2 rings (SSSR count). The number of nitrogens with zero attached hydrogens (tertiary/aromatic N) is 3. The van der Waals surface area contributed by atoms with E-state index < -0.39 is 27.0 Å². The van der Waals surface area contributed by atoms with Crippen molar-refractivity contribution in [2.45, 2.75) is 12.7 Å². The summed E-state index contributed by atoms with van der Waals surface area (Å²) in [6.45, 7) is 1.48. The lowest BCUT2D eigenvalue weighted by molar-refractivity contribution is -0.455. The monoisotopic (exact) mass is 254 g/mol. The topological polar surface area (TPSA) is 123 Å². The zero-order valence-electron chi connectivity index (χ0n) is 9.45. The molecule has 0 amide bonds. The molecule has 1 heterocycles. The largest absolute Gasteiger partial charge is 0.612 e. The standard InChI is InChI=1S/C9H8N3O6/c1-5-10-7-3-6(11(13)14)4-8(12(15)16)9(7,17-2)18-5/h3-4H,1-2H3/q-1/t9-/m0/s1. The summed E-state index contributed by atoms with van der Waals surface area (Å²) in [6.07, 6.45) is 1.90. The first-order valence-corrected chi connectivity index (χ1v) is 4.80. The molecule has 0 aromatic carbocycles. The number of allylic oxidation sites excluding steroid dienone is 2. The number of hydrogen-bond donors (Lipinski definition) is 0. The number of aliphatic imine (C=N–C) groups is 1. The molecule has 0 aromatic rings. The number of hydrogen-bond acceptors (Lipinski definition) is 7. The van der Waals surface area contributed by atoms with E-state index in [9.17, 15) is 20.5 Å². The first-order valence-electron chi connectivity index (χ1n) is 4.80. The lowest BCUT2D eigenvalue weighted by Gasteiger charge is -2.26. The Hall–Kier alpha value is -2.42. The van der Waals surface area contributed by atoms with E-state index in [1.54, 1.807) is 0 Å². The number of rotatable bonds is 2. The van der Waals surface area contributed by atoms with E-state index in [-0.39, 0.29) is 11.6 Å². The lowest BCUT2D eigenvalue weighted by Crippen LogP contribution is -2.42. The Kier molecular flexibility index (Phi) is 2.55. The second-order valence-electron chi connectivity index (χ2n) is 3.55. The van der Waals surface area contributed by atoms with Crippen molar-refractivity contribution in [2.24, 2.45) is 4.99 Å². The molecule has 0 fully saturated rings. The van der Waals surface area contributed by atoms with Gasteiger partial charge >= 0.3 is 11.5 Å². The Bertz CT molecular complexity index is 543. The van der Waals surface area contributed by atoms with Crippen LogP contribution in [0.15, 0.2) is 28.5 Å². The maximum atomic E-state index is 11.0. The van der Waals surface area contributed by atoms with Gasteiger partial charge in [-0.3, -0.25) is 10.1 Å². The Labute approximate surface area is 101 Å². The highest BCUT2D eigenvalue weighted by molar-refractivity contribution is 6.03. The summed E-state index contributed by atoms with van der Waals surface area (Å²) in [7, 11) is 1.20. The molecular formula is C9H8N3O6-. The fraction of sp³-hybridized carbons (Fsp3) is 0.333. The Morgan fingerprint density at radius 2 is 2.06 bits per heavy atom. The van der Waals surface area contributed by atoms with Crippen molar-refractivity contribution in [3.63, 3.8) is 0 Å². The van der Waals surface area contributed by atoms with E-state index in [1.165, 1.54) is 14.0 Å². The molecule has 0 saturated carbocycles. The zero-order chi connectivity index (χ0) is 13.5. The number of methoxy groups -OCH3 is 1. The second kappa shape index (κ2) is 3.81. The first kappa shape index (κ1) is 12.0. The average molecular weight is 254 g/mol. The molecule has 0 unspecified atom stereocenters. The number of nitro groups is 1. The van der Waals surface area contributed by atoms with Crippen molar-refractivity contribution in [3.8, 4) is 0 Å². The molecule has 0 saturated heterocycles. The predicted molar refractivity (Wildman–Crippen MR) is 59.1 cm³/mol. The smallest absolute Gasteiger partial charge is 0.349 e. The Morgan fingerprint density at radius 1 is 1.39 bits per heavy atom. The molecule has 0 N–H and O–H groups in total. The molecule has 0 aromatic heterocycles. The lowest BCUT2D eigenvalue weighted by atomic mass is 10.0. The van der Waals surface area contributed by atoms with Gasteiger partial charge in [-0.15, -0.1) is 0 Å². The Balaban J connectivity index is 2.65. The first-order chi connectivity index (χ1) is 8.40. The van der Waals surface area contributed by atoms with E-state index in [2.05, 4.69) is 4.99 Å². The predicted octanol–water partition coefficient (Wildman–Crippen LogP) is 0.285. The molecular weight excluding hydrogens is 246 g/mol. The van der Waals surface area contributed by atoms with Gasteiger partial charge in [0.15, 0.2) is 5.90 Å².